The number of ketones is 1. The van der Waals surface area contributed by atoms with Gasteiger partial charge in [0.1, 0.15) is 22.7 Å². The maximum Gasteiger partial charge on any atom is 0.202 e. The molecule has 1 aromatic heterocycles. The number of fused-ring (bicyclic) bond motifs is 1. The lowest BCUT2D eigenvalue weighted by molar-refractivity contribution is -0.714. The second-order valence-corrected chi connectivity index (χ2v) is 5.99. The van der Waals surface area contributed by atoms with Crippen LogP contribution in [0.5, 0.6) is 0 Å². The second kappa shape index (κ2) is 6.85. The topological polar surface area (TPSA) is 113 Å². The summed E-state index contributed by atoms with van der Waals surface area (Å²) in [5, 5.41) is 24.0. The van der Waals surface area contributed by atoms with Gasteiger partial charge in [0.2, 0.25) is 5.43 Å². The molecule has 0 saturated carbocycles. The molecular formula is C17H12ClFN3O4-. The lowest BCUT2D eigenvalue weighted by Crippen LogP contribution is -2.96. The van der Waals surface area contributed by atoms with Crippen molar-refractivity contribution in [2.45, 2.75) is 6.92 Å². The predicted molar refractivity (Wildman–Crippen MR) is 96.6 cm³/mol. The van der Waals surface area contributed by atoms with Crippen molar-refractivity contribution in [3.8, 4) is 0 Å². The van der Waals surface area contributed by atoms with Gasteiger partial charge in [0.15, 0.2) is 11.5 Å². The number of aromatic nitrogens is 1. The smallest absolute Gasteiger partial charge is 0.202 e. The minimum absolute atomic E-state index is 0.00793. The number of carbonyl (C=O) groups is 1. The fourth-order valence-electron chi connectivity index (χ4n) is 2.62. The molecular weight excluding hydrogens is 365 g/mol. The number of halogens is 2. The van der Waals surface area contributed by atoms with Crippen LogP contribution in [-0.2, 0) is 0 Å². The summed E-state index contributed by atoms with van der Waals surface area (Å²) in [7, 11) is 0. The van der Waals surface area contributed by atoms with Crippen LogP contribution in [0.2, 0.25) is 5.02 Å². The van der Waals surface area contributed by atoms with Crippen LogP contribution in [0.3, 0.4) is 0 Å². The monoisotopic (exact) mass is 376 g/mol. The highest BCUT2D eigenvalue weighted by Crippen LogP contribution is 2.26. The molecule has 134 valence electrons. The van der Waals surface area contributed by atoms with Crippen LogP contribution in [0.4, 0.5) is 21.6 Å². The number of hydrogen-bond donors (Lipinski definition) is 3. The SMILES string of the molecule is CC(=O)c1c(Nc2ccc(F)cc2)[nH]c2c([NH+]([O-])[O-])cc(Cl)cc2c1=O. The first-order valence-corrected chi connectivity index (χ1v) is 7.80. The lowest BCUT2D eigenvalue weighted by Gasteiger charge is -2.26. The van der Waals surface area contributed by atoms with Gasteiger partial charge in [-0.3, -0.25) is 9.59 Å². The summed E-state index contributed by atoms with van der Waals surface area (Å²) in [5.74, 6) is -0.998. The van der Waals surface area contributed by atoms with Gasteiger partial charge >= 0.3 is 0 Å². The van der Waals surface area contributed by atoms with Crippen molar-refractivity contribution in [2.75, 3.05) is 5.32 Å². The maximum atomic E-state index is 13.1. The number of quaternary nitrogens is 1. The van der Waals surface area contributed by atoms with Crippen LogP contribution in [-0.4, -0.2) is 10.8 Å². The standard InChI is InChI=1S/C17H12ClFN3O4/c1-8(23)14-16(24)12-6-9(18)7-13(22(25)26)15(12)21-17(14)20-11-4-2-10(19)3-5-11/h2-7,22H,1H3,(H2,20,21,24)/q-1. The van der Waals surface area contributed by atoms with E-state index in [1.165, 1.54) is 37.3 Å². The number of H-pyrrole nitrogens is 1. The first-order valence-electron chi connectivity index (χ1n) is 7.42. The Morgan fingerprint density at radius 2 is 1.88 bits per heavy atom. The molecule has 0 radical (unpaired) electrons. The minimum Gasteiger partial charge on any atom is -0.628 e. The van der Waals surface area contributed by atoms with E-state index in [4.69, 9.17) is 11.6 Å². The van der Waals surface area contributed by atoms with E-state index in [0.29, 0.717) is 5.69 Å². The molecule has 3 aromatic rings. The number of hydrogen-bond acceptors (Lipinski definition) is 5. The van der Waals surface area contributed by atoms with E-state index in [9.17, 15) is 24.4 Å². The van der Waals surface area contributed by atoms with Crippen molar-refractivity contribution in [3.63, 3.8) is 0 Å². The van der Waals surface area contributed by atoms with Gasteiger partial charge in [0.05, 0.1) is 5.39 Å². The van der Waals surface area contributed by atoms with Gasteiger partial charge in [-0.1, -0.05) is 11.6 Å². The number of benzene rings is 2. The van der Waals surface area contributed by atoms with E-state index >= 15 is 0 Å². The summed E-state index contributed by atoms with van der Waals surface area (Å²) < 4.78 is 13.1. The van der Waals surface area contributed by atoms with Crippen molar-refractivity contribution in [2.24, 2.45) is 0 Å². The summed E-state index contributed by atoms with van der Waals surface area (Å²) >= 11 is 5.88. The van der Waals surface area contributed by atoms with Gasteiger partial charge in [-0.25, -0.2) is 4.39 Å². The molecule has 0 spiro atoms. The average Bonchev–Trinajstić information content (AvgIpc) is 2.56. The number of rotatable bonds is 4. The predicted octanol–water partition coefficient (Wildman–Crippen LogP) is 2.78. The lowest BCUT2D eigenvalue weighted by atomic mass is 10.1. The number of carbonyl (C=O) groups excluding carboxylic acids is 1. The van der Waals surface area contributed by atoms with Crippen LogP contribution in [0.25, 0.3) is 10.9 Å². The molecule has 0 atom stereocenters. The van der Waals surface area contributed by atoms with E-state index in [-0.39, 0.29) is 33.0 Å². The van der Waals surface area contributed by atoms with Crippen molar-refractivity contribution < 1.29 is 14.4 Å². The molecule has 0 aliphatic carbocycles. The van der Waals surface area contributed by atoms with Gasteiger partial charge in [-0.05, 0) is 37.3 Å². The Labute approximate surface area is 151 Å². The zero-order valence-corrected chi connectivity index (χ0v) is 14.1. The third-order valence-corrected chi connectivity index (χ3v) is 3.98. The molecule has 0 unspecified atom stereocenters. The number of aromatic amines is 1. The van der Waals surface area contributed by atoms with Gasteiger partial charge in [0, 0.05) is 16.8 Å². The summed E-state index contributed by atoms with van der Waals surface area (Å²) in [6, 6.07) is 7.62. The van der Waals surface area contributed by atoms with E-state index in [0.717, 1.165) is 6.07 Å². The number of Topliss-reactive ketones (excluding diaryl/α,β-unsaturated/α-hetero) is 1. The average molecular weight is 377 g/mol. The summed E-state index contributed by atoms with van der Waals surface area (Å²) in [6.45, 7) is 1.20. The van der Waals surface area contributed by atoms with Crippen LogP contribution < -0.4 is 16.0 Å². The fourth-order valence-corrected chi connectivity index (χ4v) is 2.84. The molecule has 0 fully saturated rings. The molecule has 0 aliphatic heterocycles. The Kier molecular flexibility index (Phi) is 4.75. The van der Waals surface area contributed by atoms with Crippen LogP contribution >= 0.6 is 11.6 Å². The molecule has 0 aliphatic rings. The fraction of sp³-hybridized carbons (Fsp3) is 0.0588. The molecule has 3 rings (SSSR count). The quantitative estimate of drug-likeness (QED) is 0.478. The largest absolute Gasteiger partial charge is 0.628 e. The van der Waals surface area contributed by atoms with Gasteiger partial charge in [-0.15, -0.1) is 0 Å². The molecule has 0 amide bonds. The third-order valence-electron chi connectivity index (χ3n) is 3.76. The van der Waals surface area contributed by atoms with Crippen LogP contribution in [0.15, 0.2) is 41.2 Å². The number of anilines is 2. The van der Waals surface area contributed by atoms with E-state index in [2.05, 4.69) is 10.3 Å². The Bertz CT molecular complexity index is 1060. The molecule has 3 N–H and O–H groups in total. The Hall–Kier alpha value is -2.78. The van der Waals surface area contributed by atoms with Gasteiger partial charge < -0.3 is 25.9 Å². The summed E-state index contributed by atoms with van der Waals surface area (Å²) in [4.78, 5) is 27.5. The zero-order chi connectivity index (χ0) is 19.0. The van der Waals surface area contributed by atoms with Crippen LogP contribution in [0, 0.1) is 16.2 Å². The first-order chi connectivity index (χ1) is 12.3. The summed E-state index contributed by atoms with van der Waals surface area (Å²) in [5.41, 5.74) is -0.835. The Morgan fingerprint density at radius 1 is 1.23 bits per heavy atom. The third kappa shape index (κ3) is 3.31. The zero-order valence-electron chi connectivity index (χ0n) is 13.4. The normalized spacial score (nSPS) is 11.2. The molecule has 2 aromatic carbocycles. The van der Waals surface area contributed by atoms with Crippen molar-refractivity contribution in [3.05, 3.63) is 73.4 Å². The molecule has 26 heavy (non-hydrogen) atoms. The Balaban J connectivity index is 2.30. The van der Waals surface area contributed by atoms with E-state index in [1.54, 1.807) is 0 Å². The number of nitrogens with one attached hydrogen (secondary N) is 3. The minimum atomic E-state index is -1.53. The maximum absolute atomic E-state index is 13.1. The summed E-state index contributed by atoms with van der Waals surface area (Å²) in [6.07, 6.45) is 0. The van der Waals surface area contributed by atoms with E-state index in [1.807, 2.05) is 0 Å². The highest BCUT2D eigenvalue weighted by molar-refractivity contribution is 6.31. The molecule has 0 saturated heterocycles. The van der Waals surface area contributed by atoms with Crippen molar-refractivity contribution in [1.82, 2.24) is 4.98 Å². The molecule has 0 bridgehead atoms. The number of pyridine rings is 1. The highest BCUT2D eigenvalue weighted by Gasteiger charge is 2.19. The highest BCUT2D eigenvalue weighted by atomic mass is 35.5. The molecule has 1 heterocycles. The van der Waals surface area contributed by atoms with Crippen molar-refractivity contribution in [1.29, 1.82) is 0 Å². The van der Waals surface area contributed by atoms with Gasteiger partial charge in [-0.2, -0.15) is 0 Å². The van der Waals surface area contributed by atoms with Crippen LogP contribution in [0.1, 0.15) is 17.3 Å². The first kappa shape index (κ1) is 18.0. The van der Waals surface area contributed by atoms with E-state index < -0.39 is 22.3 Å². The van der Waals surface area contributed by atoms with Gasteiger partial charge in [0.25, 0.3) is 0 Å². The molecule has 7 nitrogen and oxygen atoms in total. The van der Waals surface area contributed by atoms with Crippen molar-refractivity contribution >= 4 is 45.5 Å². The Morgan fingerprint density at radius 3 is 2.46 bits per heavy atom. The molecule has 9 heteroatoms. The second-order valence-electron chi connectivity index (χ2n) is 5.56.